The molecule has 2 heterocycles. The number of benzene rings is 1. The Balaban J connectivity index is 1.62. The SMILES string of the molecule is O=C(NCc1ccc(Cl)s1)c1cn(Cc2ccccc2)cc(C(=O)NC2CC2)c1=O. The van der Waals surface area contributed by atoms with Gasteiger partial charge in [0.15, 0.2) is 0 Å². The molecule has 0 bridgehead atoms. The van der Waals surface area contributed by atoms with E-state index in [1.165, 1.54) is 23.7 Å². The number of thiophene rings is 1. The molecule has 30 heavy (non-hydrogen) atoms. The van der Waals surface area contributed by atoms with Gasteiger partial charge in [-0.15, -0.1) is 11.3 Å². The Labute approximate surface area is 182 Å². The predicted molar refractivity (Wildman–Crippen MR) is 117 cm³/mol. The summed E-state index contributed by atoms with van der Waals surface area (Å²) in [5.41, 5.74) is 0.343. The van der Waals surface area contributed by atoms with Crippen LogP contribution in [0.3, 0.4) is 0 Å². The average molecular weight is 442 g/mol. The van der Waals surface area contributed by atoms with Crippen molar-refractivity contribution in [2.24, 2.45) is 0 Å². The van der Waals surface area contributed by atoms with Crippen LogP contribution >= 0.6 is 22.9 Å². The topological polar surface area (TPSA) is 80.2 Å². The summed E-state index contributed by atoms with van der Waals surface area (Å²) >= 11 is 7.29. The lowest BCUT2D eigenvalue weighted by atomic mass is 10.1. The number of amides is 2. The van der Waals surface area contributed by atoms with E-state index in [0.29, 0.717) is 10.9 Å². The first-order valence-electron chi connectivity index (χ1n) is 9.61. The molecule has 8 heteroatoms. The van der Waals surface area contributed by atoms with Gasteiger partial charge in [0.2, 0.25) is 5.43 Å². The van der Waals surface area contributed by atoms with Crippen LogP contribution < -0.4 is 16.1 Å². The summed E-state index contributed by atoms with van der Waals surface area (Å²) in [5, 5.41) is 5.58. The van der Waals surface area contributed by atoms with Crippen LogP contribution in [0.1, 0.15) is 44.0 Å². The lowest BCUT2D eigenvalue weighted by Gasteiger charge is -2.12. The minimum absolute atomic E-state index is 0.0235. The van der Waals surface area contributed by atoms with Crippen molar-refractivity contribution >= 4 is 34.8 Å². The molecule has 2 N–H and O–H groups in total. The van der Waals surface area contributed by atoms with Crippen molar-refractivity contribution in [3.8, 4) is 0 Å². The second-order valence-electron chi connectivity index (χ2n) is 7.21. The molecule has 1 aliphatic carbocycles. The first-order valence-corrected chi connectivity index (χ1v) is 10.8. The zero-order valence-corrected chi connectivity index (χ0v) is 17.6. The smallest absolute Gasteiger partial charge is 0.257 e. The molecule has 1 aliphatic rings. The van der Waals surface area contributed by atoms with Crippen LogP contribution in [0.5, 0.6) is 0 Å². The highest BCUT2D eigenvalue weighted by molar-refractivity contribution is 7.16. The van der Waals surface area contributed by atoms with Crippen LogP contribution in [0.2, 0.25) is 4.34 Å². The number of carbonyl (C=O) groups is 2. The van der Waals surface area contributed by atoms with E-state index in [-0.39, 0.29) is 23.7 Å². The van der Waals surface area contributed by atoms with Crippen molar-refractivity contribution in [2.75, 3.05) is 0 Å². The van der Waals surface area contributed by atoms with Gasteiger partial charge in [-0.25, -0.2) is 0 Å². The van der Waals surface area contributed by atoms with Gasteiger partial charge in [0.25, 0.3) is 11.8 Å². The van der Waals surface area contributed by atoms with E-state index < -0.39 is 17.2 Å². The molecule has 4 rings (SSSR count). The van der Waals surface area contributed by atoms with E-state index >= 15 is 0 Å². The Kier molecular flexibility index (Phi) is 6.01. The summed E-state index contributed by atoms with van der Waals surface area (Å²) in [4.78, 5) is 39.2. The molecule has 2 aromatic heterocycles. The zero-order valence-electron chi connectivity index (χ0n) is 16.1. The summed E-state index contributed by atoms with van der Waals surface area (Å²) in [6.45, 7) is 0.693. The Morgan fingerprint density at radius 1 is 1.03 bits per heavy atom. The van der Waals surface area contributed by atoms with Crippen LogP contribution in [0, 0.1) is 0 Å². The second-order valence-corrected chi connectivity index (χ2v) is 9.01. The van der Waals surface area contributed by atoms with Crippen molar-refractivity contribution in [1.29, 1.82) is 0 Å². The van der Waals surface area contributed by atoms with E-state index in [9.17, 15) is 14.4 Å². The van der Waals surface area contributed by atoms with Crippen molar-refractivity contribution in [2.45, 2.75) is 32.0 Å². The number of hydrogen-bond donors (Lipinski definition) is 2. The van der Waals surface area contributed by atoms with Gasteiger partial charge < -0.3 is 15.2 Å². The van der Waals surface area contributed by atoms with E-state index in [1.807, 2.05) is 36.4 Å². The fraction of sp³-hybridized carbons (Fsp3) is 0.227. The first kappa shape index (κ1) is 20.4. The molecule has 0 aliphatic heterocycles. The molecule has 1 aromatic carbocycles. The number of rotatable bonds is 7. The Morgan fingerprint density at radius 3 is 2.37 bits per heavy atom. The van der Waals surface area contributed by atoms with E-state index in [4.69, 9.17) is 11.6 Å². The molecular weight excluding hydrogens is 422 g/mol. The maximum absolute atomic E-state index is 12.9. The molecular formula is C22H20ClN3O3S. The quantitative estimate of drug-likeness (QED) is 0.589. The van der Waals surface area contributed by atoms with Gasteiger partial charge in [0.1, 0.15) is 11.1 Å². The lowest BCUT2D eigenvalue weighted by Crippen LogP contribution is -2.36. The van der Waals surface area contributed by atoms with Crippen LogP contribution in [0.15, 0.2) is 59.7 Å². The summed E-state index contributed by atoms with van der Waals surface area (Å²) in [5.74, 6) is -0.962. The van der Waals surface area contributed by atoms with Gasteiger partial charge in [0.05, 0.1) is 10.9 Å². The highest BCUT2D eigenvalue weighted by Crippen LogP contribution is 2.21. The zero-order chi connectivity index (χ0) is 21.1. The third-order valence-corrected chi connectivity index (χ3v) is 5.97. The normalized spacial score (nSPS) is 13.1. The maximum Gasteiger partial charge on any atom is 0.257 e. The van der Waals surface area contributed by atoms with E-state index in [1.54, 1.807) is 10.6 Å². The number of carbonyl (C=O) groups excluding carboxylic acids is 2. The average Bonchev–Trinajstić information content (AvgIpc) is 3.46. The summed E-state index contributed by atoms with van der Waals surface area (Å²) in [7, 11) is 0. The molecule has 0 saturated heterocycles. The molecule has 0 atom stereocenters. The van der Waals surface area contributed by atoms with Crippen molar-refractivity contribution in [3.05, 3.63) is 91.0 Å². The van der Waals surface area contributed by atoms with Crippen LogP contribution in [0.4, 0.5) is 0 Å². The fourth-order valence-electron chi connectivity index (χ4n) is 3.04. The summed E-state index contributed by atoms with van der Waals surface area (Å²) < 4.78 is 2.33. The van der Waals surface area contributed by atoms with Gasteiger partial charge in [-0.2, -0.15) is 0 Å². The standard InChI is InChI=1S/C22H20ClN3O3S/c23-19-9-8-16(30-19)10-24-21(28)17-12-26(11-14-4-2-1-3-5-14)13-18(20(17)27)22(29)25-15-6-7-15/h1-5,8-9,12-13,15H,6-7,10-11H2,(H,24,28)(H,25,29). The molecule has 0 radical (unpaired) electrons. The van der Waals surface area contributed by atoms with Crippen molar-refractivity contribution in [3.63, 3.8) is 0 Å². The first-order chi connectivity index (χ1) is 14.5. The molecule has 1 saturated carbocycles. The minimum Gasteiger partial charge on any atom is -0.349 e. The van der Waals surface area contributed by atoms with Crippen LogP contribution in [-0.2, 0) is 13.1 Å². The highest BCUT2D eigenvalue weighted by atomic mass is 35.5. The Hall–Kier alpha value is -2.90. The third-order valence-electron chi connectivity index (χ3n) is 4.74. The van der Waals surface area contributed by atoms with Gasteiger partial charge in [-0.05, 0) is 30.5 Å². The van der Waals surface area contributed by atoms with Crippen molar-refractivity contribution in [1.82, 2.24) is 15.2 Å². The molecule has 0 unspecified atom stereocenters. The van der Waals surface area contributed by atoms with Gasteiger partial charge >= 0.3 is 0 Å². The third kappa shape index (κ3) is 4.98. The molecule has 0 spiro atoms. The van der Waals surface area contributed by atoms with E-state index in [2.05, 4.69) is 10.6 Å². The Bertz CT molecular complexity index is 1140. The number of pyridine rings is 1. The number of nitrogens with zero attached hydrogens (tertiary/aromatic N) is 1. The molecule has 2 amide bonds. The Morgan fingerprint density at radius 2 is 1.73 bits per heavy atom. The van der Waals surface area contributed by atoms with E-state index in [0.717, 1.165) is 23.3 Å². The molecule has 154 valence electrons. The summed E-state index contributed by atoms with van der Waals surface area (Å²) in [6.07, 6.45) is 4.84. The highest BCUT2D eigenvalue weighted by Gasteiger charge is 2.26. The van der Waals surface area contributed by atoms with Crippen LogP contribution in [0.25, 0.3) is 0 Å². The number of aromatic nitrogens is 1. The van der Waals surface area contributed by atoms with Crippen LogP contribution in [-0.4, -0.2) is 22.4 Å². The number of nitrogens with one attached hydrogen (secondary N) is 2. The number of hydrogen-bond acceptors (Lipinski definition) is 4. The molecule has 3 aromatic rings. The maximum atomic E-state index is 12.9. The lowest BCUT2D eigenvalue weighted by molar-refractivity contribution is 0.0948. The van der Waals surface area contributed by atoms with Gasteiger partial charge in [0, 0.05) is 29.9 Å². The van der Waals surface area contributed by atoms with Crippen molar-refractivity contribution < 1.29 is 9.59 Å². The largest absolute Gasteiger partial charge is 0.349 e. The molecule has 6 nitrogen and oxygen atoms in total. The van der Waals surface area contributed by atoms with Gasteiger partial charge in [-0.1, -0.05) is 41.9 Å². The summed E-state index contributed by atoms with van der Waals surface area (Å²) in [6, 6.07) is 13.3. The molecule has 1 fully saturated rings. The van der Waals surface area contributed by atoms with Gasteiger partial charge in [-0.3, -0.25) is 14.4 Å². The number of halogens is 1. The monoisotopic (exact) mass is 441 g/mol. The predicted octanol–water partition coefficient (Wildman–Crippen LogP) is 3.43. The fourth-order valence-corrected chi connectivity index (χ4v) is 4.07. The second kappa shape index (κ2) is 8.85. The minimum atomic E-state index is -0.570.